The van der Waals surface area contributed by atoms with E-state index >= 15 is 0 Å². The molecule has 2 fully saturated rings. The van der Waals surface area contributed by atoms with Crippen LogP contribution < -0.4 is 11.1 Å². The predicted octanol–water partition coefficient (Wildman–Crippen LogP) is -0.379. The summed E-state index contributed by atoms with van der Waals surface area (Å²) in [5.41, 5.74) is 5.44. The summed E-state index contributed by atoms with van der Waals surface area (Å²) in [7, 11) is 0. The van der Waals surface area contributed by atoms with E-state index in [1.54, 1.807) is 4.90 Å². The summed E-state index contributed by atoms with van der Waals surface area (Å²) >= 11 is 0. The van der Waals surface area contributed by atoms with Crippen LogP contribution in [0, 0.1) is 0 Å². The summed E-state index contributed by atoms with van der Waals surface area (Å²) in [5.74, 6) is -0.0429. The van der Waals surface area contributed by atoms with Crippen molar-refractivity contribution in [1.82, 2.24) is 10.2 Å². The highest BCUT2D eigenvalue weighted by atomic mass is 16.5. The van der Waals surface area contributed by atoms with Gasteiger partial charge in [-0.1, -0.05) is 0 Å². The van der Waals surface area contributed by atoms with Crippen LogP contribution >= 0.6 is 0 Å². The minimum Gasteiger partial charge on any atom is -0.381 e. The number of ether oxygens (including phenoxy) is 1. The largest absolute Gasteiger partial charge is 0.381 e. The average Bonchev–Trinajstić information content (AvgIpc) is 2.38. The highest BCUT2D eigenvalue weighted by Crippen LogP contribution is 2.22. The van der Waals surface area contributed by atoms with Crippen molar-refractivity contribution in [2.24, 2.45) is 5.73 Å². The molecule has 2 aliphatic rings. The fraction of sp³-hybridized carbons (Fsp3) is 0.846. The van der Waals surface area contributed by atoms with Crippen molar-refractivity contribution in [2.45, 2.75) is 44.2 Å². The zero-order valence-corrected chi connectivity index (χ0v) is 11.5. The third-order valence-electron chi connectivity index (χ3n) is 3.93. The summed E-state index contributed by atoms with van der Waals surface area (Å²) < 4.78 is 5.27. The van der Waals surface area contributed by atoms with Crippen LogP contribution in [0.1, 0.15) is 32.6 Å². The molecule has 2 heterocycles. The van der Waals surface area contributed by atoms with E-state index < -0.39 is 5.54 Å². The highest BCUT2D eigenvalue weighted by molar-refractivity contribution is 5.86. The molecule has 0 aromatic rings. The van der Waals surface area contributed by atoms with Gasteiger partial charge in [0.1, 0.15) is 0 Å². The van der Waals surface area contributed by atoms with Gasteiger partial charge in [0.15, 0.2) is 0 Å². The summed E-state index contributed by atoms with van der Waals surface area (Å²) in [5, 5.41) is 2.88. The summed E-state index contributed by atoms with van der Waals surface area (Å²) in [6.07, 6.45) is 2.98. The maximum Gasteiger partial charge on any atom is 0.242 e. The van der Waals surface area contributed by atoms with Gasteiger partial charge in [-0.2, -0.15) is 0 Å². The summed E-state index contributed by atoms with van der Waals surface area (Å²) in [6, 6.07) is 0.0543. The minimum atomic E-state index is -0.781. The topological polar surface area (TPSA) is 84.7 Å². The predicted molar refractivity (Wildman–Crippen MR) is 70.4 cm³/mol. The number of rotatable bonds is 2. The zero-order valence-electron chi connectivity index (χ0n) is 11.5. The van der Waals surface area contributed by atoms with Gasteiger partial charge in [-0.3, -0.25) is 9.59 Å². The van der Waals surface area contributed by atoms with Crippen LogP contribution in [0.2, 0.25) is 0 Å². The van der Waals surface area contributed by atoms with E-state index in [1.807, 2.05) is 0 Å². The Labute approximate surface area is 113 Å². The van der Waals surface area contributed by atoms with Gasteiger partial charge in [0, 0.05) is 39.3 Å². The number of carbonyl (C=O) groups excluding carboxylic acids is 2. The normalized spacial score (nSPS) is 26.8. The molecule has 2 aliphatic heterocycles. The molecule has 108 valence electrons. The van der Waals surface area contributed by atoms with E-state index in [0.29, 0.717) is 32.6 Å². The van der Waals surface area contributed by atoms with Gasteiger partial charge in [0.05, 0.1) is 5.54 Å². The van der Waals surface area contributed by atoms with E-state index in [0.717, 1.165) is 19.4 Å². The molecule has 1 unspecified atom stereocenters. The molecule has 0 aromatic carbocycles. The molecule has 2 amide bonds. The Morgan fingerprint density at radius 2 is 2.05 bits per heavy atom. The maximum absolute atomic E-state index is 12.5. The zero-order chi connectivity index (χ0) is 13.9. The van der Waals surface area contributed by atoms with E-state index in [2.05, 4.69) is 5.32 Å². The van der Waals surface area contributed by atoms with Crippen LogP contribution in [0.5, 0.6) is 0 Å². The Hall–Kier alpha value is -1.14. The Kier molecular flexibility index (Phi) is 4.42. The summed E-state index contributed by atoms with van der Waals surface area (Å²) in [6.45, 7) is 3.90. The lowest BCUT2D eigenvalue weighted by molar-refractivity contribution is -0.142. The highest BCUT2D eigenvalue weighted by Gasteiger charge is 2.40. The van der Waals surface area contributed by atoms with E-state index in [1.165, 1.54) is 6.92 Å². The van der Waals surface area contributed by atoms with Gasteiger partial charge in [0.2, 0.25) is 11.8 Å². The van der Waals surface area contributed by atoms with Crippen molar-refractivity contribution < 1.29 is 14.3 Å². The molecule has 0 spiro atoms. The molecule has 2 saturated heterocycles. The van der Waals surface area contributed by atoms with Crippen molar-refractivity contribution in [2.75, 3.05) is 26.3 Å². The molecule has 0 aromatic heterocycles. The number of nitrogens with one attached hydrogen (secondary N) is 1. The number of carbonyl (C=O) groups is 2. The lowest BCUT2D eigenvalue weighted by Crippen LogP contribution is -2.61. The number of nitrogens with zero attached hydrogens (tertiary/aromatic N) is 1. The Bertz CT molecular complexity index is 353. The molecule has 19 heavy (non-hydrogen) atoms. The van der Waals surface area contributed by atoms with E-state index in [9.17, 15) is 9.59 Å². The molecule has 2 rings (SSSR count). The lowest BCUT2D eigenvalue weighted by Gasteiger charge is -2.40. The second-order valence-electron chi connectivity index (χ2n) is 5.56. The first-order chi connectivity index (χ1) is 9.01. The maximum atomic E-state index is 12.5. The van der Waals surface area contributed by atoms with Crippen LogP contribution in [-0.2, 0) is 14.3 Å². The van der Waals surface area contributed by atoms with Crippen molar-refractivity contribution in [3.63, 3.8) is 0 Å². The number of amides is 2. The first kappa shape index (κ1) is 14.3. The molecule has 0 bridgehead atoms. The van der Waals surface area contributed by atoms with Gasteiger partial charge >= 0.3 is 0 Å². The molecule has 0 saturated carbocycles. The van der Waals surface area contributed by atoms with Crippen molar-refractivity contribution in [3.8, 4) is 0 Å². The second kappa shape index (κ2) is 5.88. The van der Waals surface area contributed by atoms with Gasteiger partial charge in [0.25, 0.3) is 0 Å². The Balaban J connectivity index is 1.96. The van der Waals surface area contributed by atoms with Gasteiger partial charge in [-0.05, 0) is 25.7 Å². The lowest BCUT2D eigenvalue weighted by atomic mass is 9.88. The average molecular weight is 269 g/mol. The Morgan fingerprint density at radius 1 is 1.37 bits per heavy atom. The number of hydrogen-bond acceptors (Lipinski definition) is 4. The van der Waals surface area contributed by atoms with Gasteiger partial charge in [-0.15, -0.1) is 0 Å². The standard InChI is InChI=1S/C13H23N3O3/c1-10(17)15-11-3-2-6-16(9-11)12(18)13(14)4-7-19-8-5-13/h11H,2-9,14H2,1H3,(H,15,17). The summed E-state index contributed by atoms with van der Waals surface area (Å²) in [4.78, 5) is 25.4. The molecular formula is C13H23N3O3. The third-order valence-corrected chi connectivity index (χ3v) is 3.93. The van der Waals surface area contributed by atoms with Crippen LogP contribution in [0.25, 0.3) is 0 Å². The van der Waals surface area contributed by atoms with Crippen LogP contribution in [0.4, 0.5) is 0 Å². The third kappa shape index (κ3) is 3.45. The molecule has 3 N–H and O–H groups in total. The first-order valence-electron chi connectivity index (χ1n) is 6.94. The van der Waals surface area contributed by atoms with E-state index in [-0.39, 0.29) is 17.9 Å². The number of hydrogen-bond donors (Lipinski definition) is 2. The van der Waals surface area contributed by atoms with Gasteiger partial charge < -0.3 is 20.7 Å². The monoisotopic (exact) mass is 269 g/mol. The van der Waals surface area contributed by atoms with Crippen molar-refractivity contribution in [3.05, 3.63) is 0 Å². The van der Waals surface area contributed by atoms with Crippen molar-refractivity contribution >= 4 is 11.8 Å². The number of piperidine rings is 1. The fourth-order valence-electron chi connectivity index (χ4n) is 2.83. The number of likely N-dealkylation sites (tertiary alicyclic amines) is 1. The van der Waals surface area contributed by atoms with Crippen molar-refractivity contribution in [1.29, 1.82) is 0 Å². The van der Waals surface area contributed by atoms with Crippen LogP contribution in [-0.4, -0.2) is 54.6 Å². The molecular weight excluding hydrogens is 246 g/mol. The molecule has 6 heteroatoms. The SMILES string of the molecule is CC(=O)NC1CCCN(C(=O)C2(N)CCOCC2)C1. The molecule has 0 radical (unpaired) electrons. The smallest absolute Gasteiger partial charge is 0.242 e. The van der Waals surface area contributed by atoms with Gasteiger partial charge in [-0.25, -0.2) is 0 Å². The minimum absolute atomic E-state index is 0.00542. The fourth-order valence-corrected chi connectivity index (χ4v) is 2.83. The molecule has 1 atom stereocenters. The first-order valence-corrected chi connectivity index (χ1v) is 6.94. The number of nitrogens with two attached hydrogens (primary N) is 1. The Morgan fingerprint density at radius 3 is 2.68 bits per heavy atom. The van der Waals surface area contributed by atoms with Crippen LogP contribution in [0.3, 0.4) is 0 Å². The quantitative estimate of drug-likeness (QED) is 0.716. The molecule has 0 aliphatic carbocycles. The molecule has 6 nitrogen and oxygen atoms in total. The second-order valence-corrected chi connectivity index (χ2v) is 5.56. The van der Waals surface area contributed by atoms with E-state index in [4.69, 9.17) is 10.5 Å². The van der Waals surface area contributed by atoms with Crippen LogP contribution in [0.15, 0.2) is 0 Å².